The number of likely N-dealkylation sites (N-methyl/N-ethyl adjacent to an activating group) is 1. The molecule has 5 nitrogen and oxygen atoms in total. The molecular weight excluding hydrogens is 326 g/mol. The fourth-order valence-corrected chi connectivity index (χ4v) is 2.21. The van der Waals surface area contributed by atoms with Gasteiger partial charge in [0.1, 0.15) is 18.0 Å². The summed E-state index contributed by atoms with van der Waals surface area (Å²) < 4.78 is 5.38. The summed E-state index contributed by atoms with van der Waals surface area (Å²) in [6, 6.07) is 13.1. The van der Waals surface area contributed by atoms with E-state index in [1.165, 1.54) is 0 Å². The lowest BCUT2D eigenvalue weighted by Crippen LogP contribution is -2.28. The molecule has 0 amide bonds. The molecular formula is C18H24ClN3O2. The van der Waals surface area contributed by atoms with Crippen molar-refractivity contribution in [1.82, 2.24) is 9.88 Å². The minimum Gasteiger partial charge on any atom is -0.461 e. The second-order valence-electron chi connectivity index (χ2n) is 5.05. The summed E-state index contributed by atoms with van der Waals surface area (Å²) in [6.45, 7) is 7.19. The molecule has 0 atom stereocenters. The van der Waals surface area contributed by atoms with E-state index >= 15 is 0 Å². The fourth-order valence-electron chi connectivity index (χ4n) is 2.21. The normalized spacial score (nSPS) is 10.1. The number of carbonyl (C=O) groups is 1. The van der Waals surface area contributed by atoms with Gasteiger partial charge in [-0.25, -0.2) is 9.78 Å². The predicted molar refractivity (Wildman–Crippen MR) is 99.3 cm³/mol. The van der Waals surface area contributed by atoms with E-state index in [-0.39, 0.29) is 18.4 Å². The van der Waals surface area contributed by atoms with Crippen molar-refractivity contribution in [1.29, 1.82) is 0 Å². The highest BCUT2D eigenvalue weighted by atomic mass is 35.5. The van der Waals surface area contributed by atoms with E-state index in [9.17, 15) is 4.79 Å². The summed E-state index contributed by atoms with van der Waals surface area (Å²) in [5.74, 6) is 0.148. The third-order valence-corrected chi connectivity index (χ3v) is 3.60. The summed E-state index contributed by atoms with van der Waals surface area (Å²) in [5, 5.41) is 3.15. The van der Waals surface area contributed by atoms with Crippen LogP contribution < -0.4 is 5.32 Å². The molecule has 1 aromatic carbocycles. The summed E-state index contributed by atoms with van der Waals surface area (Å²) >= 11 is 0. The van der Waals surface area contributed by atoms with Crippen LogP contribution in [0.25, 0.3) is 0 Å². The van der Waals surface area contributed by atoms with Gasteiger partial charge in [0.25, 0.3) is 0 Å². The van der Waals surface area contributed by atoms with Crippen LogP contribution in [0.2, 0.25) is 0 Å². The smallest absolute Gasteiger partial charge is 0.341 e. The van der Waals surface area contributed by atoms with E-state index in [0.29, 0.717) is 18.0 Å². The molecule has 0 spiro atoms. The number of hydrogen-bond donors (Lipinski definition) is 1. The van der Waals surface area contributed by atoms with Crippen LogP contribution in [0.5, 0.6) is 0 Å². The van der Waals surface area contributed by atoms with Crippen LogP contribution in [0.3, 0.4) is 0 Å². The van der Waals surface area contributed by atoms with E-state index < -0.39 is 0 Å². The monoisotopic (exact) mass is 349 g/mol. The Hall–Kier alpha value is -2.11. The van der Waals surface area contributed by atoms with Gasteiger partial charge in [-0.2, -0.15) is 0 Å². The molecule has 0 aliphatic heterocycles. The number of carbonyl (C=O) groups excluding carboxylic acids is 1. The van der Waals surface area contributed by atoms with Crippen molar-refractivity contribution in [2.45, 2.75) is 13.8 Å². The Morgan fingerprint density at radius 2 is 1.83 bits per heavy atom. The standard InChI is InChI=1S/C18H23N3O2.ClH/c1-3-21(4-2)13-14-23-18(22)16-11-8-12-19-17(16)20-15-9-6-5-7-10-15;/h5-12H,3-4,13-14H2,1-2H3,(H,19,20);1H. The third kappa shape index (κ3) is 5.83. The molecule has 6 heteroatoms. The topological polar surface area (TPSA) is 54.5 Å². The molecule has 0 fully saturated rings. The van der Waals surface area contributed by atoms with Crippen molar-refractivity contribution >= 4 is 29.9 Å². The Morgan fingerprint density at radius 1 is 1.12 bits per heavy atom. The summed E-state index contributed by atoms with van der Waals surface area (Å²) in [5.41, 5.74) is 1.32. The molecule has 1 heterocycles. The van der Waals surface area contributed by atoms with Crippen molar-refractivity contribution in [3.8, 4) is 0 Å². The lowest BCUT2D eigenvalue weighted by Gasteiger charge is -2.17. The van der Waals surface area contributed by atoms with Crippen LogP contribution in [0.15, 0.2) is 48.7 Å². The van der Waals surface area contributed by atoms with Gasteiger partial charge in [-0.05, 0) is 37.4 Å². The number of halogens is 1. The maximum Gasteiger partial charge on any atom is 0.341 e. The number of ether oxygens (including phenoxy) is 1. The van der Waals surface area contributed by atoms with E-state index in [1.54, 1.807) is 18.3 Å². The van der Waals surface area contributed by atoms with Crippen LogP contribution in [0.4, 0.5) is 11.5 Å². The second-order valence-corrected chi connectivity index (χ2v) is 5.05. The zero-order chi connectivity index (χ0) is 16.5. The van der Waals surface area contributed by atoms with Gasteiger partial charge in [-0.1, -0.05) is 32.0 Å². The summed E-state index contributed by atoms with van der Waals surface area (Å²) in [4.78, 5) is 18.7. The molecule has 2 rings (SSSR count). The average Bonchev–Trinajstić information content (AvgIpc) is 2.60. The fraction of sp³-hybridized carbons (Fsp3) is 0.333. The Kier molecular flexibility index (Phi) is 8.83. The van der Waals surface area contributed by atoms with Crippen LogP contribution in [-0.4, -0.2) is 42.1 Å². The average molecular weight is 350 g/mol. The SMILES string of the molecule is CCN(CC)CCOC(=O)c1cccnc1Nc1ccccc1.Cl. The van der Waals surface area contributed by atoms with Crippen LogP contribution >= 0.6 is 12.4 Å². The van der Waals surface area contributed by atoms with Crippen molar-refractivity contribution in [2.75, 3.05) is 31.6 Å². The van der Waals surface area contributed by atoms with Gasteiger partial charge in [0.2, 0.25) is 0 Å². The van der Waals surface area contributed by atoms with E-state index in [0.717, 1.165) is 25.3 Å². The third-order valence-electron chi connectivity index (χ3n) is 3.60. The number of para-hydroxylation sites is 1. The molecule has 0 aliphatic rings. The number of benzene rings is 1. The van der Waals surface area contributed by atoms with Crippen molar-refractivity contribution in [3.63, 3.8) is 0 Å². The molecule has 130 valence electrons. The number of esters is 1. The minimum absolute atomic E-state index is 0. The first-order chi connectivity index (χ1) is 11.2. The van der Waals surface area contributed by atoms with Crippen molar-refractivity contribution in [2.24, 2.45) is 0 Å². The summed E-state index contributed by atoms with van der Waals surface area (Å²) in [7, 11) is 0. The first-order valence-electron chi connectivity index (χ1n) is 7.91. The molecule has 0 aliphatic carbocycles. The Labute approximate surface area is 149 Å². The molecule has 1 aromatic heterocycles. The highest BCUT2D eigenvalue weighted by molar-refractivity contribution is 5.95. The Morgan fingerprint density at radius 3 is 2.50 bits per heavy atom. The second kappa shape index (κ2) is 10.6. The highest BCUT2D eigenvalue weighted by Gasteiger charge is 2.14. The number of aromatic nitrogens is 1. The maximum absolute atomic E-state index is 12.3. The number of anilines is 2. The highest BCUT2D eigenvalue weighted by Crippen LogP contribution is 2.18. The van der Waals surface area contributed by atoms with Crippen LogP contribution in [0, 0.1) is 0 Å². The van der Waals surface area contributed by atoms with Gasteiger partial charge in [0.05, 0.1) is 0 Å². The van der Waals surface area contributed by atoms with E-state index in [2.05, 4.69) is 29.0 Å². The number of rotatable bonds is 8. The molecule has 0 unspecified atom stereocenters. The van der Waals surface area contributed by atoms with Crippen molar-refractivity contribution < 1.29 is 9.53 Å². The quantitative estimate of drug-likeness (QED) is 0.736. The first kappa shape index (κ1) is 19.9. The molecule has 0 saturated heterocycles. The minimum atomic E-state index is -0.358. The largest absolute Gasteiger partial charge is 0.461 e. The zero-order valence-corrected chi connectivity index (χ0v) is 14.9. The number of nitrogens with one attached hydrogen (secondary N) is 1. The molecule has 24 heavy (non-hydrogen) atoms. The Bertz CT molecular complexity index is 619. The number of nitrogens with zero attached hydrogens (tertiary/aromatic N) is 2. The predicted octanol–water partition coefficient (Wildman–Crippen LogP) is 3.75. The van der Waals surface area contributed by atoms with E-state index in [1.807, 2.05) is 30.3 Å². The lowest BCUT2D eigenvalue weighted by molar-refractivity contribution is 0.0467. The van der Waals surface area contributed by atoms with E-state index in [4.69, 9.17) is 4.74 Å². The van der Waals surface area contributed by atoms with Gasteiger partial charge in [0.15, 0.2) is 0 Å². The molecule has 0 saturated carbocycles. The van der Waals surface area contributed by atoms with Crippen LogP contribution in [0.1, 0.15) is 24.2 Å². The molecule has 2 aromatic rings. The number of pyridine rings is 1. The lowest BCUT2D eigenvalue weighted by atomic mass is 10.2. The van der Waals surface area contributed by atoms with Gasteiger partial charge >= 0.3 is 5.97 Å². The van der Waals surface area contributed by atoms with Gasteiger partial charge in [-0.15, -0.1) is 12.4 Å². The first-order valence-corrected chi connectivity index (χ1v) is 7.91. The molecule has 0 bridgehead atoms. The molecule has 0 radical (unpaired) electrons. The molecule has 1 N–H and O–H groups in total. The van der Waals surface area contributed by atoms with Crippen LogP contribution in [-0.2, 0) is 4.74 Å². The van der Waals surface area contributed by atoms with Gasteiger partial charge in [0, 0.05) is 18.4 Å². The van der Waals surface area contributed by atoms with Gasteiger partial charge in [-0.3, -0.25) is 0 Å². The zero-order valence-electron chi connectivity index (χ0n) is 14.1. The summed E-state index contributed by atoms with van der Waals surface area (Å²) in [6.07, 6.45) is 1.65. The van der Waals surface area contributed by atoms with Gasteiger partial charge < -0.3 is 15.0 Å². The number of hydrogen-bond acceptors (Lipinski definition) is 5. The Balaban J connectivity index is 0.00000288. The maximum atomic E-state index is 12.3. The van der Waals surface area contributed by atoms with Crippen molar-refractivity contribution in [3.05, 3.63) is 54.2 Å².